The van der Waals surface area contributed by atoms with Crippen molar-refractivity contribution in [3.05, 3.63) is 36.0 Å². The second-order valence-corrected chi connectivity index (χ2v) is 3.50. The molecule has 1 amide bonds. The zero-order chi connectivity index (χ0) is 9.19. The van der Waals surface area contributed by atoms with Crippen molar-refractivity contribution in [1.82, 2.24) is 0 Å². The standard InChI is InChI=1S/C10H13NO/c1-10(2)6-3-4-8(5-7-10)9(11)12/h3-7H,1-2H3,(H2,11,12). The molecule has 2 heteroatoms. The van der Waals surface area contributed by atoms with Crippen LogP contribution < -0.4 is 5.73 Å². The first-order chi connectivity index (χ1) is 5.51. The smallest absolute Gasteiger partial charge is 0.248 e. The average molecular weight is 163 g/mol. The molecule has 2 nitrogen and oxygen atoms in total. The van der Waals surface area contributed by atoms with Crippen molar-refractivity contribution >= 4 is 5.91 Å². The number of primary amides is 1. The lowest BCUT2D eigenvalue weighted by Crippen LogP contribution is -2.12. The van der Waals surface area contributed by atoms with E-state index in [4.69, 9.17) is 5.73 Å². The molecule has 0 aliphatic heterocycles. The monoisotopic (exact) mass is 163 g/mol. The number of carbonyl (C=O) groups excluding carboxylic acids is 1. The Morgan fingerprint density at radius 2 is 2.08 bits per heavy atom. The second-order valence-electron chi connectivity index (χ2n) is 3.50. The van der Waals surface area contributed by atoms with Crippen LogP contribution in [-0.2, 0) is 4.79 Å². The molecule has 0 saturated carbocycles. The summed E-state index contributed by atoms with van der Waals surface area (Å²) in [6.07, 6.45) is 9.35. The van der Waals surface area contributed by atoms with Crippen molar-refractivity contribution in [2.24, 2.45) is 11.1 Å². The predicted octanol–water partition coefficient (Wildman–Crippen LogP) is 1.55. The van der Waals surface area contributed by atoms with Crippen molar-refractivity contribution in [2.45, 2.75) is 13.8 Å². The SMILES string of the molecule is CC1(C)C=CC=C(C(N)=O)C=C1. The Bertz CT molecular complexity index is 282. The number of amides is 1. The number of hydrogen-bond acceptors (Lipinski definition) is 1. The summed E-state index contributed by atoms with van der Waals surface area (Å²) in [5.74, 6) is -0.381. The minimum atomic E-state index is -0.381. The maximum atomic E-state index is 10.8. The fourth-order valence-electron chi connectivity index (χ4n) is 0.980. The molecule has 0 bridgehead atoms. The highest BCUT2D eigenvalue weighted by molar-refractivity contribution is 5.95. The zero-order valence-electron chi connectivity index (χ0n) is 7.37. The lowest BCUT2D eigenvalue weighted by atomic mass is 9.93. The maximum absolute atomic E-state index is 10.8. The van der Waals surface area contributed by atoms with E-state index in [-0.39, 0.29) is 11.3 Å². The van der Waals surface area contributed by atoms with Crippen molar-refractivity contribution < 1.29 is 4.79 Å². The zero-order valence-corrected chi connectivity index (χ0v) is 7.37. The van der Waals surface area contributed by atoms with Crippen LogP contribution in [0.1, 0.15) is 13.8 Å². The largest absolute Gasteiger partial charge is 0.366 e. The summed E-state index contributed by atoms with van der Waals surface area (Å²) >= 11 is 0. The third-order valence-electron chi connectivity index (χ3n) is 1.78. The van der Waals surface area contributed by atoms with Gasteiger partial charge in [-0.3, -0.25) is 4.79 Å². The maximum Gasteiger partial charge on any atom is 0.248 e. The lowest BCUT2D eigenvalue weighted by molar-refractivity contribution is -0.114. The molecule has 0 radical (unpaired) electrons. The van der Waals surface area contributed by atoms with E-state index in [2.05, 4.69) is 13.8 Å². The van der Waals surface area contributed by atoms with Crippen LogP contribution in [0.15, 0.2) is 36.0 Å². The third-order valence-corrected chi connectivity index (χ3v) is 1.78. The normalized spacial score (nSPS) is 20.0. The van der Waals surface area contributed by atoms with E-state index in [0.717, 1.165) is 0 Å². The van der Waals surface area contributed by atoms with Gasteiger partial charge in [-0.2, -0.15) is 0 Å². The first-order valence-electron chi connectivity index (χ1n) is 3.90. The van der Waals surface area contributed by atoms with Crippen LogP contribution in [0.25, 0.3) is 0 Å². The van der Waals surface area contributed by atoms with Gasteiger partial charge in [-0.05, 0) is 6.08 Å². The van der Waals surface area contributed by atoms with Crippen LogP contribution in [0.5, 0.6) is 0 Å². The molecule has 1 aliphatic carbocycles. The Morgan fingerprint density at radius 3 is 2.67 bits per heavy atom. The molecule has 1 aliphatic rings. The van der Waals surface area contributed by atoms with E-state index >= 15 is 0 Å². The van der Waals surface area contributed by atoms with Gasteiger partial charge in [-0.1, -0.05) is 38.2 Å². The van der Waals surface area contributed by atoms with Gasteiger partial charge >= 0.3 is 0 Å². The highest BCUT2D eigenvalue weighted by Crippen LogP contribution is 2.22. The number of rotatable bonds is 1. The van der Waals surface area contributed by atoms with E-state index in [1.807, 2.05) is 18.2 Å². The summed E-state index contributed by atoms with van der Waals surface area (Å²) in [4.78, 5) is 10.8. The molecule has 0 aromatic rings. The molecule has 0 fully saturated rings. The Morgan fingerprint density at radius 1 is 1.42 bits per heavy atom. The average Bonchev–Trinajstić information content (AvgIpc) is 2.10. The van der Waals surface area contributed by atoms with Crippen LogP contribution in [0.4, 0.5) is 0 Å². The fourth-order valence-corrected chi connectivity index (χ4v) is 0.980. The van der Waals surface area contributed by atoms with Crippen molar-refractivity contribution in [3.63, 3.8) is 0 Å². The third kappa shape index (κ3) is 2.09. The van der Waals surface area contributed by atoms with Gasteiger partial charge in [0.1, 0.15) is 0 Å². The highest BCUT2D eigenvalue weighted by Gasteiger charge is 2.11. The van der Waals surface area contributed by atoms with Crippen LogP contribution in [0.2, 0.25) is 0 Å². The van der Waals surface area contributed by atoms with Gasteiger partial charge in [-0.25, -0.2) is 0 Å². The molecule has 1 rings (SSSR count). The highest BCUT2D eigenvalue weighted by atomic mass is 16.1. The summed E-state index contributed by atoms with van der Waals surface area (Å²) in [5, 5.41) is 0. The number of carbonyl (C=O) groups is 1. The van der Waals surface area contributed by atoms with E-state index in [1.54, 1.807) is 12.2 Å². The fraction of sp³-hybridized carbons (Fsp3) is 0.300. The van der Waals surface area contributed by atoms with Gasteiger partial charge in [0.2, 0.25) is 5.91 Å². The quantitative estimate of drug-likeness (QED) is 0.626. The summed E-state index contributed by atoms with van der Waals surface area (Å²) in [7, 11) is 0. The van der Waals surface area contributed by atoms with E-state index in [1.165, 1.54) is 0 Å². The van der Waals surface area contributed by atoms with Gasteiger partial charge in [0.15, 0.2) is 0 Å². The van der Waals surface area contributed by atoms with E-state index in [9.17, 15) is 4.79 Å². The summed E-state index contributed by atoms with van der Waals surface area (Å²) in [6, 6.07) is 0. The van der Waals surface area contributed by atoms with Crippen LogP contribution >= 0.6 is 0 Å². The summed E-state index contributed by atoms with van der Waals surface area (Å²) in [5.41, 5.74) is 5.69. The molecule has 64 valence electrons. The Labute approximate surface area is 72.5 Å². The molecular weight excluding hydrogens is 150 g/mol. The molecule has 0 saturated heterocycles. The van der Waals surface area contributed by atoms with Gasteiger partial charge in [0.25, 0.3) is 0 Å². The molecule has 0 spiro atoms. The van der Waals surface area contributed by atoms with Gasteiger partial charge in [0.05, 0.1) is 0 Å². The molecule has 2 N–H and O–H groups in total. The van der Waals surface area contributed by atoms with Crippen molar-refractivity contribution in [1.29, 1.82) is 0 Å². The van der Waals surface area contributed by atoms with Crippen LogP contribution in [0.3, 0.4) is 0 Å². The number of nitrogens with two attached hydrogens (primary N) is 1. The summed E-state index contributed by atoms with van der Waals surface area (Å²) < 4.78 is 0. The van der Waals surface area contributed by atoms with Gasteiger partial charge in [-0.15, -0.1) is 0 Å². The van der Waals surface area contributed by atoms with Crippen LogP contribution in [0, 0.1) is 5.41 Å². The first kappa shape index (κ1) is 8.78. The summed E-state index contributed by atoms with van der Waals surface area (Å²) in [6.45, 7) is 4.13. The molecule has 0 aromatic heterocycles. The van der Waals surface area contributed by atoms with E-state index < -0.39 is 0 Å². The number of hydrogen-bond donors (Lipinski definition) is 1. The Balaban J connectivity index is 2.94. The van der Waals surface area contributed by atoms with Crippen LogP contribution in [-0.4, -0.2) is 5.91 Å². The Kier molecular flexibility index (Phi) is 2.18. The second kappa shape index (κ2) is 2.97. The molecule has 0 atom stereocenters. The first-order valence-corrected chi connectivity index (χ1v) is 3.90. The molecule has 12 heavy (non-hydrogen) atoms. The van der Waals surface area contributed by atoms with Crippen molar-refractivity contribution in [2.75, 3.05) is 0 Å². The minimum absolute atomic E-state index is 0.00764. The van der Waals surface area contributed by atoms with Crippen molar-refractivity contribution in [3.8, 4) is 0 Å². The molecule has 0 aromatic carbocycles. The molecule has 0 unspecified atom stereocenters. The van der Waals surface area contributed by atoms with Gasteiger partial charge in [0, 0.05) is 11.0 Å². The number of allylic oxidation sites excluding steroid dienone is 4. The molecular formula is C10H13NO. The van der Waals surface area contributed by atoms with Gasteiger partial charge < -0.3 is 5.73 Å². The predicted molar refractivity (Wildman–Crippen MR) is 49.3 cm³/mol. The topological polar surface area (TPSA) is 43.1 Å². The Hall–Kier alpha value is -1.31. The minimum Gasteiger partial charge on any atom is -0.366 e. The molecule has 0 heterocycles. The van der Waals surface area contributed by atoms with E-state index in [0.29, 0.717) is 5.57 Å². The lowest BCUT2D eigenvalue weighted by Gasteiger charge is -2.12.